The van der Waals surface area contributed by atoms with Gasteiger partial charge in [0.2, 0.25) is 17.7 Å². The monoisotopic (exact) mass is 353 g/mol. The fraction of sp³-hybridized carbons (Fsp3) is 0.105. The van der Waals surface area contributed by atoms with Crippen LogP contribution in [0.3, 0.4) is 0 Å². The molecule has 0 aliphatic rings. The smallest absolute Gasteiger partial charge is 0.230 e. The maximum Gasteiger partial charge on any atom is 0.230 e. The van der Waals surface area contributed by atoms with Crippen molar-refractivity contribution in [1.29, 1.82) is 0 Å². The summed E-state index contributed by atoms with van der Waals surface area (Å²) in [7, 11) is 0. The Morgan fingerprint density at radius 1 is 1.12 bits per heavy atom. The van der Waals surface area contributed by atoms with Crippen molar-refractivity contribution in [2.45, 2.75) is 13.3 Å². The summed E-state index contributed by atoms with van der Waals surface area (Å²) in [6.45, 7) is 1.34. The normalized spacial score (nSPS) is 10.4. The molecule has 0 bridgehead atoms. The number of amides is 2. The Morgan fingerprint density at radius 2 is 1.88 bits per heavy atom. The Bertz CT molecular complexity index is 938. The molecule has 0 radical (unpaired) electrons. The second-order valence-corrected chi connectivity index (χ2v) is 5.61. The zero-order valence-electron chi connectivity index (χ0n) is 14.0. The van der Waals surface area contributed by atoms with Crippen LogP contribution in [0.1, 0.15) is 12.6 Å². The molecule has 0 atom stereocenters. The molecule has 0 aliphatic heterocycles. The van der Waals surface area contributed by atoms with Crippen LogP contribution in [0.15, 0.2) is 59.2 Å². The van der Waals surface area contributed by atoms with E-state index in [0.717, 1.165) is 5.56 Å². The van der Waals surface area contributed by atoms with Crippen LogP contribution in [0, 0.1) is 5.82 Å². The second-order valence-electron chi connectivity index (χ2n) is 5.61. The minimum atomic E-state index is -0.599. The maximum atomic E-state index is 13.9. The molecule has 3 rings (SSSR count). The van der Waals surface area contributed by atoms with Crippen LogP contribution < -0.4 is 10.6 Å². The molecule has 26 heavy (non-hydrogen) atoms. The molecule has 6 nitrogen and oxygen atoms in total. The lowest BCUT2D eigenvalue weighted by molar-refractivity contribution is -0.116. The van der Waals surface area contributed by atoms with Gasteiger partial charge in [-0.2, -0.15) is 0 Å². The van der Waals surface area contributed by atoms with Crippen LogP contribution in [0.5, 0.6) is 0 Å². The van der Waals surface area contributed by atoms with Crippen molar-refractivity contribution in [3.8, 4) is 11.5 Å². The number of anilines is 2. The lowest BCUT2D eigenvalue weighted by Crippen LogP contribution is -2.16. The van der Waals surface area contributed by atoms with Crippen LogP contribution in [0.4, 0.5) is 15.8 Å². The first-order valence-corrected chi connectivity index (χ1v) is 7.88. The molecule has 1 aromatic heterocycles. The number of nitrogens with one attached hydrogen (secondary N) is 2. The highest BCUT2D eigenvalue weighted by Gasteiger charge is 2.13. The largest absolute Gasteiger partial charge is 0.444 e. The fourth-order valence-corrected chi connectivity index (χ4v) is 2.36. The van der Waals surface area contributed by atoms with Gasteiger partial charge in [-0.3, -0.25) is 9.59 Å². The summed E-state index contributed by atoms with van der Waals surface area (Å²) < 4.78 is 19.2. The predicted molar refractivity (Wildman–Crippen MR) is 95.0 cm³/mol. The van der Waals surface area contributed by atoms with Gasteiger partial charge in [-0.05, 0) is 30.3 Å². The van der Waals surface area contributed by atoms with Gasteiger partial charge >= 0.3 is 0 Å². The molecule has 3 aromatic rings. The second kappa shape index (κ2) is 7.60. The topological polar surface area (TPSA) is 84.2 Å². The van der Waals surface area contributed by atoms with Gasteiger partial charge in [-0.1, -0.05) is 18.2 Å². The molecule has 0 saturated heterocycles. The van der Waals surface area contributed by atoms with E-state index in [-0.39, 0.29) is 18.0 Å². The molecular formula is C19H16FN3O3. The fourth-order valence-electron chi connectivity index (χ4n) is 2.36. The number of benzene rings is 2. The number of aromatic nitrogens is 1. The van der Waals surface area contributed by atoms with Gasteiger partial charge in [0.25, 0.3) is 0 Å². The van der Waals surface area contributed by atoms with Crippen molar-refractivity contribution in [3.63, 3.8) is 0 Å². The number of carbonyl (C=O) groups is 2. The Kier molecular flexibility index (Phi) is 5.07. The van der Waals surface area contributed by atoms with E-state index < -0.39 is 11.7 Å². The zero-order valence-corrected chi connectivity index (χ0v) is 14.0. The lowest BCUT2D eigenvalue weighted by atomic mass is 10.2. The van der Waals surface area contributed by atoms with Gasteiger partial charge in [0.1, 0.15) is 12.1 Å². The maximum absolute atomic E-state index is 13.9. The first kappa shape index (κ1) is 17.3. The Labute approximate surface area is 149 Å². The van der Waals surface area contributed by atoms with Crippen LogP contribution in [-0.4, -0.2) is 16.8 Å². The average Bonchev–Trinajstić information content (AvgIpc) is 3.06. The van der Waals surface area contributed by atoms with E-state index in [1.54, 1.807) is 0 Å². The van der Waals surface area contributed by atoms with E-state index in [2.05, 4.69) is 15.6 Å². The van der Waals surface area contributed by atoms with E-state index >= 15 is 0 Å². The highest BCUT2D eigenvalue weighted by Crippen LogP contribution is 2.21. The minimum Gasteiger partial charge on any atom is -0.444 e. The van der Waals surface area contributed by atoms with Gasteiger partial charge < -0.3 is 15.1 Å². The van der Waals surface area contributed by atoms with E-state index in [9.17, 15) is 14.0 Å². The van der Waals surface area contributed by atoms with Crippen molar-refractivity contribution in [3.05, 3.63) is 66.3 Å². The molecule has 7 heteroatoms. The number of hydrogen-bond donors (Lipinski definition) is 2. The Hall–Kier alpha value is -3.48. The van der Waals surface area contributed by atoms with Crippen LogP contribution in [0.25, 0.3) is 11.5 Å². The van der Waals surface area contributed by atoms with Gasteiger partial charge in [-0.25, -0.2) is 9.37 Å². The third-order valence-electron chi connectivity index (χ3n) is 3.47. The quantitative estimate of drug-likeness (QED) is 0.734. The summed E-state index contributed by atoms with van der Waals surface area (Å²) in [5.74, 6) is -0.925. The highest BCUT2D eigenvalue weighted by molar-refractivity contribution is 5.94. The highest BCUT2D eigenvalue weighted by atomic mass is 19.1. The van der Waals surface area contributed by atoms with E-state index in [4.69, 9.17) is 4.42 Å². The molecule has 2 N–H and O–H groups in total. The summed E-state index contributed by atoms with van der Waals surface area (Å²) >= 11 is 0. The summed E-state index contributed by atoms with van der Waals surface area (Å²) in [6.07, 6.45) is 1.33. The van der Waals surface area contributed by atoms with Crippen LogP contribution in [-0.2, 0) is 16.0 Å². The number of hydrogen-bond acceptors (Lipinski definition) is 4. The molecule has 0 spiro atoms. The summed E-state index contributed by atoms with van der Waals surface area (Å²) in [4.78, 5) is 27.5. The molecular weight excluding hydrogens is 337 g/mol. The van der Waals surface area contributed by atoms with Gasteiger partial charge in [0.15, 0.2) is 0 Å². The minimum absolute atomic E-state index is 0.0203. The van der Waals surface area contributed by atoms with E-state index in [1.807, 2.05) is 30.3 Å². The molecule has 0 saturated carbocycles. The SMILES string of the molecule is CC(=O)Nc1ccc(F)c(NC(=O)Cc2coc(-c3ccccc3)n2)c1. The standard InChI is InChI=1S/C19H16FN3O3/c1-12(24)21-14-7-8-16(20)17(9-14)23-18(25)10-15-11-26-19(22-15)13-5-3-2-4-6-13/h2-9,11H,10H2,1H3,(H,21,24)(H,23,25). The first-order chi connectivity index (χ1) is 12.5. The van der Waals surface area contributed by atoms with Crippen molar-refractivity contribution < 1.29 is 18.4 Å². The third kappa shape index (κ3) is 4.32. The molecule has 0 fully saturated rings. The van der Waals surface area contributed by atoms with Crippen molar-refractivity contribution in [2.75, 3.05) is 10.6 Å². The molecule has 2 amide bonds. The number of nitrogens with zero attached hydrogens (tertiary/aromatic N) is 1. The summed E-state index contributed by atoms with van der Waals surface area (Å²) in [5.41, 5.74) is 1.60. The zero-order chi connectivity index (χ0) is 18.5. The molecule has 132 valence electrons. The van der Waals surface area contributed by atoms with E-state index in [1.165, 1.54) is 31.4 Å². The number of halogens is 1. The number of carbonyl (C=O) groups excluding carboxylic acids is 2. The molecule has 0 unspecified atom stereocenters. The average molecular weight is 353 g/mol. The third-order valence-corrected chi connectivity index (χ3v) is 3.47. The number of oxazole rings is 1. The van der Waals surface area contributed by atoms with Crippen molar-refractivity contribution >= 4 is 23.2 Å². The van der Waals surface area contributed by atoms with Gasteiger partial charge in [0, 0.05) is 18.2 Å². The lowest BCUT2D eigenvalue weighted by Gasteiger charge is -2.08. The van der Waals surface area contributed by atoms with E-state index in [0.29, 0.717) is 17.3 Å². The Balaban J connectivity index is 1.68. The Morgan fingerprint density at radius 3 is 2.62 bits per heavy atom. The van der Waals surface area contributed by atoms with Gasteiger partial charge in [0.05, 0.1) is 17.8 Å². The molecule has 0 aliphatic carbocycles. The molecule has 2 aromatic carbocycles. The van der Waals surface area contributed by atoms with Crippen molar-refractivity contribution in [1.82, 2.24) is 4.98 Å². The summed E-state index contributed by atoms with van der Waals surface area (Å²) in [6, 6.07) is 13.2. The molecule has 1 heterocycles. The summed E-state index contributed by atoms with van der Waals surface area (Å²) in [5, 5.41) is 5.01. The van der Waals surface area contributed by atoms with Crippen molar-refractivity contribution in [2.24, 2.45) is 0 Å². The first-order valence-electron chi connectivity index (χ1n) is 7.88. The predicted octanol–water partition coefficient (Wildman–Crippen LogP) is 3.62. The van der Waals surface area contributed by atoms with Crippen LogP contribution in [0.2, 0.25) is 0 Å². The van der Waals surface area contributed by atoms with Crippen LogP contribution >= 0.6 is 0 Å². The number of rotatable bonds is 5. The van der Waals surface area contributed by atoms with Gasteiger partial charge in [-0.15, -0.1) is 0 Å².